The number of imidazole rings is 1. The van der Waals surface area contributed by atoms with Crippen molar-refractivity contribution in [2.24, 2.45) is 5.73 Å². The number of aromatic carboxylic acids is 1. The highest BCUT2D eigenvalue weighted by Crippen LogP contribution is 2.17. The van der Waals surface area contributed by atoms with Crippen LogP contribution < -0.4 is 16.4 Å². The average Bonchev–Trinajstić information content (AvgIpc) is 3.04. The molecule has 6 N–H and O–H groups in total. The minimum atomic E-state index is -1.05. The van der Waals surface area contributed by atoms with E-state index >= 15 is 0 Å². The summed E-state index contributed by atoms with van der Waals surface area (Å²) in [4.78, 5) is 38.0. The quantitative estimate of drug-likeness (QED) is 0.429. The van der Waals surface area contributed by atoms with Crippen molar-refractivity contribution in [2.75, 3.05) is 10.6 Å². The highest BCUT2D eigenvalue weighted by atomic mass is 16.4. The molecule has 0 bridgehead atoms. The van der Waals surface area contributed by atoms with E-state index in [1.54, 1.807) is 24.3 Å². The first-order valence-electron chi connectivity index (χ1n) is 8.37. The number of primary amides is 1. The summed E-state index contributed by atoms with van der Waals surface area (Å²) >= 11 is 0. The number of carboxylic acid groups (broad SMARTS) is 1. The van der Waals surface area contributed by atoms with E-state index in [4.69, 9.17) is 10.8 Å². The normalized spacial score (nSPS) is 10.3. The Morgan fingerprint density at radius 1 is 0.966 bits per heavy atom. The molecule has 0 spiro atoms. The smallest absolute Gasteiger partial charge is 0.335 e. The fourth-order valence-corrected chi connectivity index (χ4v) is 2.62. The van der Waals surface area contributed by atoms with Crippen LogP contribution in [0.15, 0.2) is 54.9 Å². The molecule has 0 atom stereocenters. The van der Waals surface area contributed by atoms with Gasteiger partial charge in [0.15, 0.2) is 5.69 Å². The highest BCUT2D eigenvalue weighted by molar-refractivity contribution is 6.00. The van der Waals surface area contributed by atoms with Gasteiger partial charge >= 0.3 is 12.0 Å². The number of rotatable bonds is 6. The fraction of sp³-hybridized carbons (Fsp3) is 0.0526. The standard InChI is InChI=1S/C19H17N5O5/c20-16(25)15-17(26)21-10-24(15)9-11-1-5-13(6-2-11)22-19(29)23-14-7-3-12(4-8-14)18(27)28/h1-8,10,26H,9H2,(H2,20,25)(H,27,28)(H2,22,23,29). The second-order valence-corrected chi connectivity index (χ2v) is 6.07. The Labute approximate surface area is 164 Å². The molecule has 3 aromatic rings. The molecule has 0 saturated heterocycles. The van der Waals surface area contributed by atoms with Crippen molar-refractivity contribution in [1.82, 2.24) is 9.55 Å². The van der Waals surface area contributed by atoms with E-state index in [0.717, 1.165) is 5.56 Å². The van der Waals surface area contributed by atoms with Gasteiger partial charge in [-0.3, -0.25) is 4.79 Å². The lowest BCUT2D eigenvalue weighted by Crippen LogP contribution is -2.19. The molecule has 3 rings (SSSR count). The van der Waals surface area contributed by atoms with Crippen molar-refractivity contribution in [3.05, 3.63) is 71.7 Å². The van der Waals surface area contributed by atoms with Gasteiger partial charge in [-0.25, -0.2) is 14.6 Å². The zero-order valence-electron chi connectivity index (χ0n) is 15.0. The molecule has 0 saturated carbocycles. The van der Waals surface area contributed by atoms with Crippen molar-refractivity contribution < 1.29 is 24.6 Å². The number of hydrogen-bond acceptors (Lipinski definition) is 5. The Morgan fingerprint density at radius 2 is 1.52 bits per heavy atom. The summed E-state index contributed by atoms with van der Waals surface area (Å²) in [5.74, 6) is -2.26. The molecule has 10 heteroatoms. The van der Waals surface area contributed by atoms with E-state index in [2.05, 4.69) is 15.6 Å². The number of aromatic hydroxyl groups is 1. The number of carbonyl (C=O) groups excluding carboxylic acids is 2. The summed E-state index contributed by atoms with van der Waals surface area (Å²) in [6, 6.07) is 12.1. The van der Waals surface area contributed by atoms with Crippen LogP contribution >= 0.6 is 0 Å². The number of carbonyl (C=O) groups is 3. The molecular formula is C19H17N5O5. The second kappa shape index (κ2) is 8.13. The van der Waals surface area contributed by atoms with Gasteiger partial charge in [0, 0.05) is 17.9 Å². The Bertz CT molecular complexity index is 1060. The summed E-state index contributed by atoms with van der Waals surface area (Å²) in [5.41, 5.74) is 7.04. The lowest BCUT2D eigenvalue weighted by atomic mass is 10.2. The molecule has 0 aliphatic rings. The fourth-order valence-electron chi connectivity index (χ4n) is 2.62. The summed E-state index contributed by atoms with van der Waals surface area (Å²) < 4.78 is 1.42. The summed E-state index contributed by atoms with van der Waals surface area (Å²) in [6.45, 7) is 0.258. The van der Waals surface area contributed by atoms with Gasteiger partial charge in [-0.2, -0.15) is 0 Å². The van der Waals surface area contributed by atoms with Crippen LogP contribution in [0.5, 0.6) is 5.88 Å². The number of nitrogens with two attached hydrogens (primary N) is 1. The maximum Gasteiger partial charge on any atom is 0.335 e. The number of nitrogens with one attached hydrogen (secondary N) is 2. The summed E-state index contributed by atoms with van der Waals surface area (Å²) in [7, 11) is 0. The van der Waals surface area contributed by atoms with Crippen LogP contribution in [0.25, 0.3) is 0 Å². The van der Waals surface area contributed by atoms with Crippen LogP contribution in [-0.4, -0.2) is 37.7 Å². The van der Waals surface area contributed by atoms with Crippen LogP contribution in [0.3, 0.4) is 0 Å². The lowest BCUT2D eigenvalue weighted by Gasteiger charge is -2.10. The Kier molecular flexibility index (Phi) is 5.44. The monoisotopic (exact) mass is 395 g/mol. The third kappa shape index (κ3) is 4.69. The minimum Gasteiger partial charge on any atom is -0.492 e. The minimum absolute atomic E-state index is 0.0829. The van der Waals surface area contributed by atoms with Crippen molar-refractivity contribution in [3.63, 3.8) is 0 Å². The molecule has 1 aromatic heterocycles. The van der Waals surface area contributed by atoms with Crippen molar-refractivity contribution in [2.45, 2.75) is 6.54 Å². The van der Waals surface area contributed by atoms with Gasteiger partial charge in [-0.05, 0) is 42.0 Å². The van der Waals surface area contributed by atoms with Crippen molar-refractivity contribution in [3.8, 4) is 5.88 Å². The Hall–Kier alpha value is -4.34. The SMILES string of the molecule is NC(=O)c1c(O)ncn1Cc1ccc(NC(=O)Nc2ccc(C(=O)O)cc2)cc1. The zero-order valence-corrected chi connectivity index (χ0v) is 15.0. The van der Waals surface area contributed by atoms with E-state index in [-0.39, 0.29) is 17.8 Å². The average molecular weight is 395 g/mol. The van der Waals surface area contributed by atoms with Gasteiger partial charge in [0.1, 0.15) is 0 Å². The van der Waals surface area contributed by atoms with E-state index < -0.39 is 23.8 Å². The van der Waals surface area contributed by atoms with Gasteiger partial charge in [0.2, 0.25) is 5.88 Å². The predicted molar refractivity (Wildman–Crippen MR) is 104 cm³/mol. The lowest BCUT2D eigenvalue weighted by molar-refractivity contribution is 0.0696. The first kappa shape index (κ1) is 19.4. The van der Waals surface area contributed by atoms with E-state index in [1.807, 2.05) is 0 Å². The van der Waals surface area contributed by atoms with Crippen LogP contribution in [0, 0.1) is 0 Å². The number of urea groups is 1. The second-order valence-electron chi connectivity index (χ2n) is 6.07. The van der Waals surface area contributed by atoms with E-state index in [9.17, 15) is 19.5 Å². The van der Waals surface area contributed by atoms with Crippen molar-refractivity contribution in [1.29, 1.82) is 0 Å². The van der Waals surface area contributed by atoms with Crippen LogP contribution in [-0.2, 0) is 6.54 Å². The molecule has 0 radical (unpaired) electrons. The van der Waals surface area contributed by atoms with Crippen LogP contribution in [0.2, 0.25) is 0 Å². The largest absolute Gasteiger partial charge is 0.492 e. The number of hydrogen-bond donors (Lipinski definition) is 5. The van der Waals surface area contributed by atoms with E-state index in [0.29, 0.717) is 11.4 Å². The van der Waals surface area contributed by atoms with Gasteiger partial charge in [-0.15, -0.1) is 0 Å². The first-order chi connectivity index (χ1) is 13.8. The topological polar surface area (TPSA) is 160 Å². The molecule has 0 aliphatic carbocycles. The van der Waals surface area contributed by atoms with Gasteiger partial charge in [-0.1, -0.05) is 12.1 Å². The molecule has 148 valence electrons. The molecule has 10 nitrogen and oxygen atoms in total. The summed E-state index contributed by atoms with van der Waals surface area (Å²) in [6.07, 6.45) is 1.31. The van der Waals surface area contributed by atoms with Gasteiger partial charge in [0.25, 0.3) is 5.91 Å². The zero-order chi connectivity index (χ0) is 21.0. The molecule has 0 unspecified atom stereocenters. The van der Waals surface area contributed by atoms with Gasteiger partial charge in [0.05, 0.1) is 11.9 Å². The third-order valence-electron chi connectivity index (χ3n) is 4.01. The van der Waals surface area contributed by atoms with Crippen LogP contribution in [0.4, 0.5) is 16.2 Å². The van der Waals surface area contributed by atoms with Gasteiger partial charge < -0.3 is 31.1 Å². The predicted octanol–water partition coefficient (Wildman–Crippen LogP) is 2.08. The third-order valence-corrected chi connectivity index (χ3v) is 4.01. The summed E-state index contributed by atoms with van der Waals surface area (Å²) in [5, 5.41) is 23.7. The number of nitrogens with zero attached hydrogens (tertiary/aromatic N) is 2. The number of benzene rings is 2. The molecule has 29 heavy (non-hydrogen) atoms. The van der Waals surface area contributed by atoms with E-state index in [1.165, 1.54) is 35.2 Å². The molecule has 2 aromatic carbocycles. The number of amides is 3. The molecule has 0 fully saturated rings. The molecule has 1 heterocycles. The number of anilines is 2. The Morgan fingerprint density at radius 3 is 2.03 bits per heavy atom. The molecular weight excluding hydrogens is 378 g/mol. The van der Waals surface area contributed by atoms with Crippen LogP contribution in [0.1, 0.15) is 26.4 Å². The molecule has 3 amide bonds. The maximum atomic E-state index is 12.1. The molecule has 0 aliphatic heterocycles. The number of aromatic nitrogens is 2. The van der Waals surface area contributed by atoms with Crippen molar-refractivity contribution >= 4 is 29.3 Å². The number of carboxylic acids is 1. The maximum absolute atomic E-state index is 12.1. The Balaban J connectivity index is 1.61. The highest BCUT2D eigenvalue weighted by Gasteiger charge is 2.15. The first-order valence-corrected chi connectivity index (χ1v) is 8.37.